The second-order valence-electron chi connectivity index (χ2n) is 22.5. The van der Waals surface area contributed by atoms with Crippen molar-refractivity contribution >= 4 is 5.91 Å². The Morgan fingerprint density at radius 1 is 0.461 bits per heavy atom. The van der Waals surface area contributed by atoms with Gasteiger partial charge in [0.1, 0.15) is 48.8 Å². The molecule has 0 aromatic heterocycles. The van der Waals surface area contributed by atoms with Crippen LogP contribution in [0, 0.1) is 0 Å². The van der Waals surface area contributed by atoms with Crippen LogP contribution in [0.15, 0.2) is 24.3 Å². The van der Waals surface area contributed by atoms with E-state index in [-0.39, 0.29) is 18.9 Å². The van der Waals surface area contributed by atoms with E-state index in [1.165, 1.54) is 205 Å². The van der Waals surface area contributed by atoms with E-state index in [0.717, 1.165) is 32.1 Å². The molecular formula is C62H117NO13. The summed E-state index contributed by atoms with van der Waals surface area (Å²) in [6.07, 6.45) is 41.2. The molecule has 76 heavy (non-hydrogen) atoms. The Kier molecular flexibility index (Phi) is 44.8. The average Bonchev–Trinajstić information content (AvgIpc) is 3.42. The summed E-state index contributed by atoms with van der Waals surface area (Å²) in [5.74, 6) is -0.246. The third kappa shape index (κ3) is 33.3. The van der Waals surface area contributed by atoms with Gasteiger partial charge in [0.2, 0.25) is 5.91 Å². The number of hydrogen-bond donors (Lipinski definition) is 9. The van der Waals surface area contributed by atoms with E-state index in [2.05, 4.69) is 31.3 Å². The first kappa shape index (κ1) is 70.6. The van der Waals surface area contributed by atoms with Crippen LogP contribution in [0.4, 0.5) is 0 Å². The SMILES string of the molecule is CCCCCCC/C=C/CC/C=C/C(O)C(COC1OC(CO)C(OC2OC(CO)C(O)C(O)C2O)C(O)C1O)NC(=O)CCCCCCCCCCCCCCCCCCCCCCCCCCCCCCCCC. The summed E-state index contributed by atoms with van der Waals surface area (Å²) < 4.78 is 22.7. The standard InChI is InChI=1S/C62H117NO13/c1-3-5-7-9-11-13-15-16-17-18-19-20-21-22-23-24-25-26-27-28-29-30-31-32-33-34-36-38-40-42-44-46-54(67)63-50(51(66)45-43-41-39-37-35-14-12-10-8-6-4-2)49-73-61-59(72)57(70)60(53(48-65)75-61)76-62-58(71)56(69)55(68)52(47-64)74-62/h35,37,43,45,50-53,55-62,64-66,68-72H,3-34,36,38-42,44,46-49H2,1-2H3,(H,63,67)/b37-35+,45-43+. The summed E-state index contributed by atoms with van der Waals surface area (Å²) in [6, 6.07) is -0.926. The number of nitrogens with one attached hydrogen (secondary N) is 1. The number of rotatable bonds is 51. The Bertz CT molecular complexity index is 1370. The van der Waals surface area contributed by atoms with Crippen molar-refractivity contribution in [2.45, 2.75) is 344 Å². The van der Waals surface area contributed by atoms with Gasteiger partial charge >= 0.3 is 0 Å². The van der Waals surface area contributed by atoms with Crippen LogP contribution in [0.1, 0.15) is 271 Å². The summed E-state index contributed by atoms with van der Waals surface area (Å²) in [5, 5.41) is 86.9. The second kappa shape index (κ2) is 48.2. The Hall–Kier alpha value is -1.53. The van der Waals surface area contributed by atoms with Crippen LogP contribution in [-0.2, 0) is 23.7 Å². The second-order valence-corrected chi connectivity index (χ2v) is 22.5. The van der Waals surface area contributed by atoms with Crippen LogP contribution >= 0.6 is 0 Å². The molecule has 0 spiro atoms. The lowest BCUT2D eigenvalue weighted by atomic mass is 9.97. The number of amides is 1. The van der Waals surface area contributed by atoms with E-state index in [9.17, 15) is 45.6 Å². The van der Waals surface area contributed by atoms with Crippen LogP contribution in [0.25, 0.3) is 0 Å². The third-order valence-electron chi connectivity index (χ3n) is 15.6. The highest BCUT2D eigenvalue weighted by atomic mass is 16.7. The lowest BCUT2D eigenvalue weighted by molar-refractivity contribution is -0.359. The normalized spacial score (nSPS) is 25.0. The zero-order valence-corrected chi connectivity index (χ0v) is 48.3. The lowest BCUT2D eigenvalue weighted by Gasteiger charge is -2.46. The minimum Gasteiger partial charge on any atom is -0.394 e. The summed E-state index contributed by atoms with van der Waals surface area (Å²) in [4.78, 5) is 13.2. The molecule has 0 saturated carbocycles. The average molecular weight is 1080 g/mol. The number of unbranched alkanes of at least 4 members (excludes halogenated alkanes) is 36. The highest BCUT2D eigenvalue weighted by Crippen LogP contribution is 2.30. The van der Waals surface area contributed by atoms with Gasteiger partial charge in [-0.05, 0) is 32.1 Å². The first-order valence-corrected chi connectivity index (χ1v) is 31.6. The van der Waals surface area contributed by atoms with Gasteiger partial charge in [0.05, 0.1) is 32.0 Å². The van der Waals surface area contributed by atoms with Gasteiger partial charge in [-0.15, -0.1) is 0 Å². The Morgan fingerprint density at radius 3 is 1.29 bits per heavy atom. The maximum atomic E-state index is 13.2. The highest BCUT2D eigenvalue weighted by Gasteiger charge is 2.51. The molecule has 2 aliphatic heterocycles. The van der Waals surface area contributed by atoms with Crippen LogP contribution in [0.3, 0.4) is 0 Å². The van der Waals surface area contributed by atoms with Gasteiger partial charge in [-0.3, -0.25) is 4.79 Å². The van der Waals surface area contributed by atoms with Crippen LogP contribution in [0.5, 0.6) is 0 Å². The molecule has 0 aromatic rings. The van der Waals surface area contributed by atoms with Crippen LogP contribution < -0.4 is 5.32 Å². The van der Waals surface area contributed by atoms with Gasteiger partial charge in [-0.2, -0.15) is 0 Å². The number of carbonyl (C=O) groups is 1. The van der Waals surface area contributed by atoms with Gasteiger partial charge in [0.15, 0.2) is 12.6 Å². The number of carbonyl (C=O) groups excluding carboxylic acids is 1. The van der Waals surface area contributed by atoms with Crippen molar-refractivity contribution in [3.8, 4) is 0 Å². The number of hydrogen-bond acceptors (Lipinski definition) is 13. The van der Waals surface area contributed by atoms with Crippen molar-refractivity contribution in [3.05, 3.63) is 24.3 Å². The minimum absolute atomic E-state index is 0.246. The molecule has 0 aromatic carbocycles. The van der Waals surface area contributed by atoms with Crippen molar-refractivity contribution in [2.75, 3.05) is 19.8 Å². The number of allylic oxidation sites excluding steroid dienone is 3. The summed E-state index contributed by atoms with van der Waals surface area (Å²) in [5.41, 5.74) is 0. The van der Waals surface area contributed by atoms with E-state index in [4.69, 9.17) is 18.9 Å². The first-order chi connectivity index (χ1) is 37.1. The molecule has 2 aliphatic rings. The van der Waals surface area contributed by atoms with Gasteiger partial charge in [-0.25, -0.2) is 0 Å². The van der Waals surface area contributed by atoms with Crippen molar-refractivity contribution in [1.29, 1.82) is 0 Å². The monoisotopic (exact) mass is 1080 g/mol. The Labute approximate surface area is 462 Å². The molecule has 2 saturated heterocycles. The molecule has 0 radical (unpaired) electrons. The minimum atomic E-state index is -1.79. The molecule has 9 N–H and O–H groups in total. The molecule has 0 aliphatic carbocycles. The molecule has 2 fully saturated rings. The van der Waals surface area contributed by atoms with E-state index < -0.39 is 86.8 Å². The fourth-order valence-corrected chi connectivity index (χ4v) is 10.5. The lowest BCUT2D eigenvalue weighted by Crippen LogP contribution is -2.65. The highest BCUT2D eigenvalue weighted by molar-refractivity contribution is 5.76. The van der Waals surface area contributed by atoms with Crippen molar-refractivity contribution in [2.24, 2.45) is 0 Å². The number of aliphatic hydroxyl groups excluding tert-OH is 8. The fourth-order valence-electron chi connectivity index (χ4n) is 10.5. The predicted molar refractivity (Wildman–Crippen MR) is 305 cm³/mol. The molecule has 12 unspecified atom stereocenters. The predicted octanol–water partition coefficient (Wildman–Crippen LogP) is 11.2. The van der Waals surface area contributed by atoms with Crippen LogP contribution in [-0.4, -0.2) is 140 Å². The zero-order valence-electron chi connectivity index (χ0n) is 48.3. The summed E-state index contributed by atoms with van der Waals surface area (Å²) in [7, 11) is 0. The van der Waals surface area contributed by atoms with E-state index >= 15 is 0 Å². The maximum absolute atomic E-state index is 13.2. The smallest absolute Gasteiger partial charge is 0.220 e. The topological polar surface area (TPSA) is 228 Å². The molecule has 1 amide bonds. The molecule has 14 nitrogen and oxygen atoms in total. The summed E-state index contributed by atoms with van der Waals surface area (Å²) in [6.45, 7) is 2.77. The van der Waals surface area contributed by atoms with E-state index in [1.807, 2.05) is 6.08 Å². The first-order valence-electron chi connectivity index (χ1n) is 31.6. The quantitative estimate of drug-likeness (QED) is 0.0204. The Balaban J connectivity index is 1.62. The fraction of sp³-hybridized carbons (Fsp3) is 0.919. The molecule has 12 atom stereocenters. The molecule has 14 heteroatoms. The summed E-state index contributed by atoms with van der Waals surface area (Å²) >= 11 is 0. The van der Waals surface area contributed by atoms with Crippen molar-refractivity contribution in [1.82, 2.24) is 5.32 Å². The van der Waals surface area contributed by atoms with Gasteiger partial charge in [0.25, 0.3) is 0 Å². The number of aliphatic hydroxyl groups is 8. The third-order valence-corrected chi connectivity index (χ3v) is 15.6. The molecule has 0 bridgehead atoms. The Morgan fingerprint density at radius 2 is 0.842 bits per heavy atom. The van der Waals surface area contributed by atoms with Gasteiger partial charge < -0.3 is 65.1 Å². The van der Waals surface area contributed by atoms with Crippen molar-refractivity contribution in [3.63, 3.8) is 0 Å². The molecule has 448 valence electrons. The molecule has 2 heterocycles. The van der Waals surface area contributed by atoms with Gasteiger partial charge in [0, 0.05) is 6.42 Å². The number of ether oxygens (including phenoxy) is 4. The largest absolute Gasteiger partial charge is 0.394 e. The van der Waals surface area contributed by atoms with E-state index in [1.54, 1.807) is 6.08 Å². The maximum Gasteiger partial charge on any atom is 0.220 e. The molecule has 2 rings (SSSR count). The van der Waals surface area contributed by atoms with Gasteiger partial charge in [-0.1, -0.05) is 256 Å². The van der Waals surface area contributed by atoms with Crippen LogP contribution in [0.2, 0.25) is 0 Å². The molecular weight excluding hydrogens is 967 g/mol. The van der Waals surface area contributed by atoms with E-state index in [0.29, 0.717) is 12.8 Å². The zero-order chi connectivity index (χ0) is 55.3. The van der Waals surface area contributed by atoms with Crippen molar-refractivity contribution < 1.29 is 64.6 Å².